The van der Waals surface area contributed by atoms with Gasteiger partial charge >= 0.3 is 6.09 Å². The van der Waals surface area contributed by atoms with Crippen LogP contribution in [-0.2, 0) is 23.8 Å². The summed E-state index contributed by atoms with van der Waals surface area (Å²) in [6.07, 6.45) is 6.66. The number of ether oxygens (including phenoxy) is 3. The van der Waals surface area contributed by atoms with Gasteiger partial charge in [0.2, 0.25) is 11.8 Å². The van der Waals surface area contributed by atoms with E-state index in [4.69, 9.17) is 29.2 Å². The molecule has 3 amide bonds. The molecule has 2 aromatic carbocycles. The first-order valence-electron chi connectivity index (χ1n) is 18.9. The summed E-state index contributed by atoms with van der Waals surface area (Å²) in [5, 5.41) is 2.63. The molecule has 0 bridgehead atoms. The lowest BCUT2D eigenvalue weighted by atomic mass is 10.00. The lowest BCUT2D eigenvalue weighted by molar-refractivity contribution is -0.138. The van der Waals surface area contributed by atoms with Crippen molar-refractivity contribution in [3.63, 3.8) is 0 Å². The van der Waals surface area contributed by atoms with Crippen molar-refractivity contribution in [2.75, 3.05) is 34.4 Å². The third-order valence-corrected chi connectivity index (χ3v) is 11.1. The lowest BCUT2D eigenvalue weighted by Crippen LogP contribution is -2.54. The number of alkyl carbamates (subject to hydrolysis) is 1. The minimum atomic E-state index is -0.903. The smallest absolute Gasteiger partial charge is 0.407 e. The molecule has 2 aliphatic rings. The van der Waals surface area contributed by atoms with Crippen molar-refractivity contribution in [1.82, 2.24) is 40.0 Å². The normalized spacial score (nSPS) is 19.1. The Kier molecular flexibility index (Phi) is 11.3. The Bertz CT molecular complexity index is 2250. The first kappa shape index (κ1) is 38.4. The maximum absolute atomic E-state index is 13.7. The van der Waals surface area contributed by atoms with Crippen LogP contribution in [0.25, 0.3) is 44.5 Å². The van der Waals surface area contributed by atoms with Crippen molar-refractivity contribution >= 4 is 40.0 Å². The number of benzene rings is 2. The van der Waals surface area contributed by atoms with Crippen LogP contribution in [-0.4, -0.2) is 105 Å². The number of likely N-dealkylation sites (tertiary alicyclic amines) is 2. The average Bonchev–Trinajstić information content (AvgIpc) is 4.06. The number of nitrogens with zero attached hydrogens (tertiary/aromatic N) is 5. The zero-order valence-electron chi connectivity index (χ0n) is 32.2. The zero-order chi connectivity index (χ0) is 39.5. The van der Waals surface area contributed by atoms with Crippen LogP contribution >= 0.6 is 0 Å². The number of aromatic amines is 2. The van der Waals surface area contributed by atoms with Gasteiger partial charge in [0.15, 0.2) is 0 Å². The van der Waals surface area contributed by atoms with E-state index in [0.29, 0.717) is 18.9 Å². The summed E-state index contributed by atoms with van der Waals surface area (Å²) in [5.41, 5.74) is 6.98. The van der Waals surface area contributed by atoms with Gasteiger partial charge in [-0.25, -0.2) is 14.8 Å². The van der Waals surface area contributed by atoms with E-state index in [-0.39, 0.29) is 23.9 Å². The van der Waals surface area contributed by atoms with Crippen LogP contribution in [0, 0.1) is 5.92 Å². The second-order valence-electron chi connectivity index (χ2n) is 14.3. The average molecular weight is 761 g/mol. The number of nitrogens with one attached hydrogen (secondary N) is 3. The van der Waals surface area contributed by atoms with Crippen LogP contribution in [0.15, 0.2) is 80.0 Å². The predicted molar refractivity (Wildman–Crippen MR) is 212 cm³/mol. The van der Waals surface area contributed by atoms with Gasteiger partial charge in [-0.1, -0.05) is 30.4 Å². The molecule has 6 unspecified atom stereocenters. The number of pyridine rings is 1. The molecule has 3 aromatic heterocycles. The van der Waals surface area contributed by atoms with Gasteiger partial charge < -0.3 is 39.3 Å². The molecule has 14 nitrogen and oxygen atoms in total. The van der Waals surface area contributed by atoms with Gasteiger partial charge in [-0.15, -0.1) is 13.2 Å². The molecule has 2 aliphatic heterocycles. The van der Waals surface area contributed by atoms with E-state index in [1.807, 2.05) is 53.6 Å². The third kappa shape index (κ3) is 7.41. The Morgan fingerprint density at radius 1 is 0.804 bits per heavy atom. The molecule has 5 heterocycles. The number of hydrogen-bond acceptors (Lipinski definition) is 9. The molecule has 7 rings (SSSR count). The monoisotopic (exact) mass is 760 g/mol. The molecule has 2 saturated heterocycles. The molecule has 0 radical (unpaired) electrons. The fraction of sp³-hybridized carbons (Fsp3) is 0.381. The van der Waals surface area contributed by atoms with Gasteiger partial charge in [-0.3, -0.25) is 14.6 Å². The second kappa shape index (κ2) is 16.5. The molecular weight excluding hydrogens is 713 g/mol. The van der Waals surface area contributed by atoms with Gasteiger partial charge in [-0.2, -0.15) is 0 Å². The highest BCUT2D eigenvalue weighted by molar-refractivity contribution is 5.88. The van der Waals surface area contributed by atoms with Crippen LogP contribution < -0.4 is 5.32 Å². The number of hydrogen-bond donors (Lipinski definition) is 3. The van der Waals surface area contributed by atoms with E-state index in [9.17, 15) is 14.4 Å². The van der Waals surface area contributed by atoms with E-state index in [1.165, 1.54) is 14.2 Å². The van der Waals surface area contributed by atoms with Gasteiger partial charge in [0.25, 0.3) is 0 Å². The molecule has 0 spiro atoms. The Morgan fingerprint density at radius 3 is 1.93 bits per heavy atom. The number of aromatic nitrogens is 5. The molecule has 3 N–H and O–H groups in total. The maximum atomic E-state index is 13.7. The summed E-state index contributed by atoms with van der Waals surface area (Å²) in [6.45, 7) is 10.6. The molecular formula is C42H48N8O6. The summed E-state index contributed by atoms with van der Waals surface area (Å²) in [6, 6.07) is 14.7. The van der Waals surface area contributed by atoms with Crippen molar-refractivity contribution in [1.29, 1.82) is 0 Å². The van der Waals surface area contributed by atoms with Crippen LogP contribution in [0.5, 0.6) is 0 Å². The molecule has 292 valence electrons. The Morgan fingerprint density at radius 2 is 1.39 bits per heavy atom. The SMILES string of the molecule is C=CC(OC)C(C=C)C(=O)N1CCCC1c1nc2ccc(-c3ccc(-c4ccc5nc(C6CCCN6C(=O)C(NC(=O)OC)C(C)OC)[nH]c5c4)nc3)cc2[nH]1. The predicted octanol–water partition coefficient (Wildman–Crippen LogP) is 6.26. The number of carbonyl (C=O) groups excluding carboxylic acids is 3. The lowest BCUT2D eigenvalue weighted by Gasteiger charge is -2.30. The topological polar surface area (TPSA) is 168 Å². The number of carbonyl (C=O) groups is 3. The van der Waals surface area contributed by atoms with Gasteiger partial charge in [0, 0.05) is 44.6 Å². The van der Waals surface area contributed by atoms with E-state index < -0.39 is 30.3 Å². The molecule has 56 heavy (non-hydrogen) atoms. The largest absolute Gasteiger partial charge is 0.453 e. The summed E-state index contributed by atoms with van der Waals surface area (Å²) in [5.74, 6) is 0.632. The fourth-order valence-electron chi connectivity index (χ4n) is 7.92. The van der Waals surface area contributed by atoms with Crippen molar-refractivity contribution in [3.05, 3.63) is 91.7 Å². The molecule has 14 heteroatoms. The minimum Gasteiger partial charge on any atom is -0.453 e. The first-order valence-corrected chi connectivity index (χ1v) is 18.9. The maximum Gasteiger partial charge on any atom is 0.407 e. The summed E-state index contributed by atoms with van der Waals surface area (Å²) in [7, 11) is 4.33. The van der Waals surface area contributed by atoms with E-state index >= 15 is 0 Å². The highest BCUT2D eigenvalue weighted by atomic mass is 16.5. The summed E-state index contributed by atoms with van der Waals surface area (Å²) in [4.78, 5) is 64.4. The Labute approximate surface area is 325 Å². The van der Waals surface area contributed by atoms with Crippen molar-refractivity contribution in [2.45, 2.75) is 62.9 Å². The molecule has 6 atom stereocenters. The second-order valence-corrected chi connectivity index (χ2v) is 14.3. The van der Waals surface area contributed by atoms with E-state index in [0.717, 1.165) is 76.0 Å². The number of imidazole rings is 2. The number of rotatable bonds is 13. The fourth-order valence-corrected chi connectivity index (χ4v) is 7.92. The number of H-pyrrole nitrogens is 2. The van der Waals surface area contributed by atoms with Crippen LogP contribution in [0.2, 0.25) is 0 Å². The Hall–Kier alpha value is -5.86. The minimum absolute atomic E-state index is 0.0430. The standard InChI is InChI=1S/C42H48N8O6/c1-7-28(36(8-2)55-5)40(51)49-19-9-11-34(49)38-44-30-17-13-25(21-32(30)46-38)27-15-16-29(43-23-27)26-14-18-31-33(22-26)47-39(45-31)35-12-10-20-50(35)41(52)37(24(3)54-4)48-42(53)56-6/h7-8,13-18,21-24,28,34-37H,1-2,9-12,19-20H2,3-6H3,(H,44,46)(H,45,47)(H,48,53). The number of fused-ring (bicyclic) bond motifs is 2. The molecule has 5 aromatic rings. The highest BCUT2D eigenvalue weighted by Gasteiger charge is 2.39. The third-order valence-electron chi connectivity index (χ3n) is 11.1. The van der Waals surface area contributed by atoms with Gasteiger partial charge in [0.05, 0.1) is 65.1 Å². The summed E-state index contributed by atoms with van der Waals surface area (Å²) >= 11 is 0. The van der Waals surface area contributed by atoms with E-state index in [2.05, 4.69) is 34.5 Å². The highest BCUT2D eigenvalue weighted by Crippen LogP contribution is 2.36. The van der Waals surface area contributed by atoms with Gasteiger partial charge in [-0.05, 0) is 68.5 Å². The van der Waals surface area contributed by atoms with Crippen molar-refractivity contribution < 1.29 is 28.6 Å². The van der Waals surface area contributed by atoms with Gasteiger partial charge in [0.1, 0.15) is 17.7 Å². The van der Waals surface area contributed by atoms with E-state index in [1.54, 1.807) is 31.1 Å². The van der Waals surface area contributed by atoms with Crippen molar-refractivity contribution in [3.8, 4) is 22.4 Å². The molecule has 2 fully saturated rings. The molecule has 0 aliphatic carbocycles. The van der Waals surface area contributed by atoms with Crippen LogP contribution in [0.4, 0.5) is 4.79 Å². The van der Waals surface area contributed by atoms with Crippen LogP contribution in [0.3, 0.4) is 0 Å². The van der Waals surface area contributed by atoms with Crippen LogP contribution in [0.1, 0.15) is 56.3 Å². The number of amides is 3. The number of methoxy groups -OCH3 is 3. The van der Waals surface area contributed by atoms with Crippen molar-refractivity contribution in [2.24, 2.45) is 5.92 Å². The quantitative estimate of drug-likeness (QED) is 0.117. The molecule has 0 saturated carbocycles. The first-order chi connectivity index (χ1) is 27.2. The zero-order valence-corrected chi connectivity index (χ0v) is 32.2. The Balaban J connectivity index is 1.07. The summed E-state index contributed by atoms with van der Waals surface area (Å²) < 4.78 is 15.7.